The first-order valence-electron chi connectivity index (χ1n) is 12.3. The average Bonchev–Trinajstić information content (AvgIpc) is 3.55. The lowest BCUT2D eigenvalue weighted by atomic mass is 9.97. The fourth-order valence-corrected chi connectivity index (χ4v) is 4.57. The first kappa shape index (κ1) is 27.5. The Bertz CT molecular complexity index is 1080. The third kappa shape index (κ3) is 6.79. The second-order valence-electron chi connectivity index (χ2n) is 9.23. The number of aromatic nitrogens is 1. The van der Waals surface area contributed by atoms with Crippen molar-refractivity contribution in [2.24, 2.45) is 5.92 Å². The molecule has 11 heteroatoms. The number of H-pyrrole nitrogens is 1. The van der Waals surface area contributed by atoms with E-state index < -0.39 is 35.9 Å². The Morgan fingerprint density at radius 1 is 1.11 bits per heavy atom. The minimum absolute atomic E-state index is 0.0393. The Morgan fingerprint density at radius 3 is 2.47 bits per heavy atom. The van der Waals surface area contributed by atoms with E-state index in [1.54, 1.807) is 6.20 Å². The lowest BCUT2D eigenvalue weighted by Crippen LogP contribution is -2.59. The molecule has 2 aromatic rings. The molecule has 0 spiro atoms. The second-order valence-corrected chi connectivity index (χ2v) is 9.59. The summed E-state index contributed by atoms with van der Waals surface area (Å²) < 4.78 is 0. The zero-order chi connectivity index (χ0) is 26.2. The van der Waals surface area contributed by atoms with Crippen LogP contribution in [0.4, 0.5) is 0 Å². The molecule has 5 unspecified atom stereocenters. The van der Waals surface area contributed by atoms with Crippen LogP contribution in [0.3, 0.4) is 0 Å². The predicted octanol–water partition coefficient (Wildman–Crippen LogP) is 0.977. The molecule has 1 aliphatic heterocycles. The first-order valence-corrected chi connectivity index (χ1v) is 12.9. The van der Waals surface area contributed by atoms with Crippen molar-refractivity contribution in [3.8, 4) is 0 Å². The first-order chi connectivity index (χ1) is 17.2. The zero-order valence-corrected chi connectivity index (χ0v) is 21.4. The molecule has 1 saturated heterocycles. The highest BCUT2D eigenvalue weighted by Crippen LogP contribution is 2.19. The standard InChI is InChI=1S/C25H35N5O5S/c1-3-14(2)21(30-22(31)18-9-6-10-26-18)24(33)29-20(13-36)23(32)28-19(25(34)35)11-15-12-27-17-8-5-4-7-16(15)17/h4-5,7-8,12,14,18-21,26-27,36H,3,6,9-11,13H2,1-2H3,(H,28,32)(H,29,33)(H,30,31)(H,34,35). The van der Waals surface area contributed by atoms with Gasteiger partial charge in [0.15, 0.2) is 0 Å². The predicted molar refractivity (Wildman–Crippen MR) is 140 cm³/mol. The molecule has 1 aliphatic rings. The topological polar surface area (TPSA) is 152 Å². The van der Waals surface area contributed by atoms with Gasteiger partial charge in [-0.05, 0) is 36.9 Å². The normalized spacial score (nSPS) is 18.7. The van der Waals surface area contributed by atoms with E-state index >= 15 is 0 Å². The third-order valence-corrected chi connectivity index (χ3v) is 7.06. The molecule has 1 aromatic heterocycles. The minimum Gasteiger partial charge on any atom is -0.480 e. The summed E-state index contributed by atoms with van der Waals surface area (Å²) in [5.74, 6) is -2.81. The number of nitrogens with one attached hydrogen (secondary N) is 5. The van der Waals surface area contributed by atoms with Crippen molar-refractivity contribution >= 4 is 47.2 Å². The second kappa shape index (κ2) is 12.8. The summed E-state index contributed by atoms with van der Waals surface area (Å²) in [6, 6.07) is 4.05. The van der Waals surface area contributed by atoms with E-state index in [-0.39, 0.29) is 30.0 Å². The van der Waals surface area contributed by atoms with Crippen molar-refractivity contribution in [3.05, 3.63) is 36.0 Å². The van der Waals surface area contributed by atoms with Crippen molar-refractivity contribution in [2.75, 3.05) is 12.3 Å². The molecule has 0 bridgehead atoms. The molecule has 36 heavy (non-hydrogen) atoms. The van der Waals surface area contributed by atoms with Crippen LogP contribution < -0.4 is 21.3 Å². The number of aromatic amines is 1. The Labute approximate surface area is 215 Å². The lowest BCUT2D eigenvalue weighted by Gasteiger charge is -2.27. The average molecular weight is 518 g/mol. The number of hydrogen-bond acceptors (Lipinski definition) is 6. The van der Waals surface area contributed by atoms with Gasteiger partial charge >= 0.3 is 5.97 Å². The maximum Gasteiger partial charge on any atom is 0.326 e. The molecule has 0 saturated carbocycles. The van der Waals surface area contributed by atoms with Gasteiger partial charge in [-0.1, -0.05) is 38.5 Å². The van der Waals surface area contributed by atoms with E-state index in [0.717, 1.165) is 29.4 Å². The highest BCUT2D eigenvalue weighted by atomic mass is 32.1. The quantitative estimate of drug-likeness (QED) is 0.208. The molecule has 3 amide bonds. The van der Waals surface area contributed by atoms with Gasteiger partial charge in [0.2, 0.25) is 17.7 Å². The summed E-state index contributed by atoms with van der Waals surface area (Å²) >= 11 is 4.20. The summed E-state index contributed by atoms with van der Waals surface area (Å²) in [5.41, 5.74) is 1.62. The minimum atomic E-state index is -1.20. The van der Waals surface area contributed by atoms with E-state index in [2.05, 4.69) is 38.9 Å². The largest absolute Gasteiger partial charge is 0.480 e. The van der Waals surface area contributed by atoms with Crippen molar-refractivity contribution in [2.45, 2.75) is 63.7 Å². The maximum atomic E-state index is 13.1. The van der Waals surface area contributed by atoms with Crippen molar-refractivity contribution in [3.63, 3.8) is 0 Å². The summed E-state index contributed by atoms with van der Waals surface area (Å²) in [4.78, 5) is 53.7. The van der Waals surface area contributed by atoms with Crippen LogP contribution >= 0.6 is 12.6 Å². The van der Waals surface area contributed by atoms with Crippen LogP contribution in [0.25, 0.3) is 10.9 Å². The van der Waals surface area contributed by atoms with E-state index in [1.807, 2.05) is 38.1 Å². The number of hydrogen-bond donors (Lipinski definition) is 7. The van der Waals surface area contributed by atoms with Gasteiger partial charge < -0.3 is 31.4 Å². The summed E-state index contributed by atoms with van der Waals surface area (Å²) in [5, 5.41) is 21.7. The number of carbonyl (C=O) groups is 4. The van der Waals surface area contributed by atoms with Crippen LogP contribution in [0.15, 0.2) is 30.5 Å². The van der Waals surface area contributed by atoms with E-state index in [9.17, 15) is 24.3 Å². The number of para-hydroxylation sites is 1. The number of aliphatic carboxylic acids is 1. The lowest BCUT2D eigenvalue weighted by molar-refractivity contribution is -0.142. The SMILES string of the molecule is CCC(C)C(NC(=O)C1CCCN1)C(=O)NC(CS)C(=O)NC(Cc1c[nH]c2ccccc12)C(=O)O. The van der Waals surface area contributed by atoms with Gasteiger partial charge in [0.25, 0.3) is 0 Å². The van der Waals surface area contributed by atoms with Crippen molar-refractivity contribution in [1.82, 2.24) is 26.3 Å². The van der Waals surface area contributed by atoms with Crippen LogP contribution in [0.1, 0.15) is 38.7 Å². The number of thiol groups is 1. The van der Waals surface area contributed by atoms with Crippen molar-refractivity contribution in [1.29, 1.82) is 0 Å². The van der Waals surface area contributed by atoms with Crippen LogP contribution in [0.2, 0.25) is 0 Å². The number of amides is 3. The monoisotopic (exact) mass is 517 g/mol. The van der Waals surface area contributed by atoms with Gasteiger partial charge in [-0.25, -0.2) is 4.79 Å². The van der Waals surface area contributed by atoms with E-state index in [1.165, 1.54) is 0 Å². The van der Waals surface area contributed by atoms with Gasteiger partial charge in [-0.3, -0.25) is 14.4 Å². The number of carboxylic acids is 1. The molecule has 196 valence electrons. The highest BCUT2D eigenvalue weighted by molar-refractivity contribution is 7.80. The van der Waals surface area contributed by atoms with E-state index in [4.69, 9.17) is 0 Å². The molecule has 0 radical (unpaired) electrons. The fourth-order valence-electron chi connectivity index (χ4n) is 4.31. The Morgan fingerprint density at radius 2 is 1.83 bits per heavy atom. The molecule has 5 atom stereocenters. The van der Waals surface area contributed by atoms with E-state index in [0.29, 0.717) is 12.8 Å². The van der Waals surface area contributed by atoms with Crippen LogP contribution in [-0.4, -0.2) is 70.2 Å². The number of benzene rings is 1. The molecule has 3 rings (SSSR count). The number of carbonyl (C=O) groups excluding carboxylic acids is 3. The Kier molecular flexibility index (Phi) is 9.77. The van der Waals surface area contributed by atoms with Gasteiger partial charge in [0.1, 0.15) is 18.1 Å². The fraction of sp³-hybridized carbons (Fsp3) is 0.520. The Hall–Kier alpha value is -3.05. The molecule has 10 nitrogen and oxygen atoms in total. The summed E-state index contributed by atoms with van der Waals surface area (Å²) in [7, 11) is 0. The molecule has 1 fully saturated rings. The number of carboxylic acid groups (broad SMARTS) is 1. The summed E-state index contributed by atoms with van der Waals surface area (Å²) in [6.07, 6.45) is 4.03. The molecular formula is C25H35N5O5S. The van der Waals surface area contributed by atoms with Crippen LogP contribution in [-0.2, 0) is 25.6 Å². The molecular weight excluding hydrogens is 482 g/mol. The molecule has 1 aromatic carbocycles. The van der Waals surface area contributed by atoms with Crippen molar-refractivity contribution < 1.29 is 24.3 Å². The van der Waals surface area contributed by atoms with Crippen LogP contribution in [0.5, 0.6) is 0 Å². The highest BCUT2D eigenvalue weighted by Gasteiger charge is 2.33. The zero-order valence-electron chi connectivity index (χ0n) is 20.5. The smallest absolute Gasteiger partial charge is 0.326 e. The maximum absolute atomic E-state index is 13.1. The summed E-state index contributed by atoms with van der Waals surface area (Å²) in [6.45, 7) is 4.52. The van der Waals surface area contributed by atoms with Gasteiger partial charge in [0.05, 0.1) is 6.04 Å². The Balaban J connectivity index is 1.66. The molecule has 2 heterocycles. The molecule has 0 aliphatic carbocycles. The van der Waals surface area contributed by atoms with Gasteiger partial charge in [-0.2, -0.15) is 12.6 Å². The van der Waals surface area contributed by atoms with Gasteiger partial charge in [0, 0.05) is 29.3 Å². The van der Waals surface area contributed by atoms with Gasteiger partial charge in [-0.15, -0.1) is 0 Å². The third-order valence-electron chi connectivity index (χ3n) is 6.70. The number of rotatable bonds is 12. The van der Waals surface area contributed by atoms with Crippen LogP contribution in [0, 0.1) is 5.92 Å². The number of fused-ring (bicyclic) bond motifs is 1. The molecule has 6 N–H and O–H groups in total.